The van der Waals surface area contributed by atoms with E-state index in [-0.39, 0.29) is 0 Å². The van der Waals surface area contributed by atoms with Crippen LogP contribution in [0.3, 0.4) is 0 Å². The fourth-order valence-electron chi connectivity index (χ4n) is 3.37. The summed E-state index contributed by atoms with van der Waals surface area (Å²) in [6.45, 7) is 2.05. The predicted molar refractivity (Wildman–Crippen MR) is 101 cm³/mol. The van der Waals surface area contributed by atoms with Gasteiger partial charge in [-0.15, -0.1) is 0 Å². The van der Waals surface area contributed by atoms with Crippen LogP contribution >= 0.6 is 0 Å². The van der Waals surface area contributed by atoms with Crippen LogP contribution in [0.1, 0.15) is 29.3 Å². The lowest BCUT2D eigenvalue weighted by Gasteiger charge is -2.14. The Balaban J connectivity index is 1.28. The molecule has 29 heavy (non-hydrogen) atoms. The highest BCUT2D eigenvalue weighted by atomic mass is 19.4. The van der Waals surface area contributed by atoms with Crippen molar-refractivity contribution in [1.82, 2.24) is 20.2 Å². The van der Waals surface area contributed by atoms with Gasteiger partial charge in [0.05, 0.1) is 17.9 Å². The van der Waals surface area contributed by atoms with E-state index in [1.54, 1.807) is 18.5 Å². The minimum atomic E-state index is -4.34. The zero-order valence-electron chi connectivity index (χ0n) is 15.6. The summed E-state index contributed by atoms with van der Waals surface area (Å²) in [5, 5.41) is 7.44. The zero-order chi connectivity index (χ0) is 20.3. The van der Waals surface area contributed by atoms with Gasteiger partial charge in [-0.3, -0.25) is 5.10 Å². The third-order valence-electron chi connectivity index (χ3n) is 4.91. The van der Waals surface area contributed by atoms with Crippen LogP contribution in [0.5, 0.6) is 5.75 Å². The molecular formula is C20H20F3N5O. The summed E-state index contributed by atoms with van der Waals surface area (Å²) >= 11 is 0. The number of nitrogens with one attached hydrogen (secondary N) is 1. The topological polar surface area (TPSA) is 66.9 Å². The highest BCUT2D eigenvalue weighted by Crippen LogP contribution is 2.30. The van der Waals surface area contributed by atoms with Gasteiger partial charge >= 0.3 is 6.18 Å². The number of nitrogens with zero attached hydrogens (tertiary/aromatic N) is 4. The molecule has 1 saturated heterocycles. The number of hydrogen-bond donors (Lipinski definition) is 1. The average Bonchev–Trinajstić information content (AvgIpc) is 3.38. The lowest BCUT2D eigenvalue weighted by Crippen LogP contribution is -2.21. The van der Waals surface area contributed by atoms with Crippen molar-refractivity contribution < 1.29 is 17.9 Å². The van der Waals surface area contributed by atoms with Crippen molar-refractivity contribution in [3.8, 4) is 5.75 Å². The van der Waals surface area contributed by atoms with E-state index >= 15 is 0 Å². The minimum absolute atomic E-state index is 0.305. The normalized spacial score (nSPS) is 16.9. The maximum absolute atomic E-state index is 12.6. The van der Waals surface area contributed by atoms with E-state index in [4.69, 9.17) is 4.74 Å². The molecule has 0 aliphatic carbocycles. The Kier molecular flexibility index (Phi) is 5.37. The lowest BCUT2D eigenvalue weighted by molar-refractivity contribution is -0.137. The molecule has 6 nitrogen and oxygen atoms in total. The molecule has 1 aliphatic rings. The molecule has 9 heteroatoms. The first-order valence-electron chi connectivity index (χ1n) is 9.35. The molecule has 1 atom stereocenters. The van der Waals surface area contributed by atoms with Gasteiger partial charge in [0.25, 0.3) is 0 Å². The van der Waals surface area contributed by atoms with Crippen LogP contribution in [0.4, 0.5) is 19.1 Å². The van der Waals surface area contributed by atoms with Crippen LogP contribution in [0, 0.1) is 0 Å². The molecule has 152 valence electrons. The first-order chi connectivity index (χ1) is 14.0. The maximum atomic E-state index is 12.6. The minimum Gasteiger partial charge on any atom is -0.493 e. The van der Waals surface area contributed by atoms with Gasteiger partial charge in [-0.05, 0) is 42.8 Å². The first kappa shape index (κ1) is 19.2. The van der Waals surface area contributed by atoms with E-state index in [0.717, 1.165) is 49.0 Å². The molecule has 0 spiro atoms. The summed E-state index contributed by atoms with van der Waals surface area (Å²) in [7, 11) is 0. The first-order valence-corrected chi connectivity index (χ1v) is 9.35. The van der Waals surface area contributed by atoms with Gasteiger partial charge in [0.2, 0.25) is 5.95 Å². The number of anilines is 1. The third kappa shape index (κ3) is 4.67. The number of benzene rings is 1. The van der Waals surface area contributed by atoms with E-state index in [9.17, 15) is 13.2 Å². The molecule has 0 radical (unpaired) electrons. The summed E-state index contributed by atoms with van der Waals surface area (Å²) in [6.07, 6.45) is 0.697. The molecule has 0 bridgehead atoms. The summed E-state index contributed by atoms with van der Waals surface area (Å²) in [4.78, 5) is 10.7. The number of aromatic nitrogens is 4. The van der Waals surface area contributed by atoms with Crippen LogP contribution in [0.25, 0.3) is 0 Å². The summed E-state index contributed by atoms with van der Waals surface area (Å²) in [5.74, 6) is 1.45. The van der Waals surface area contributed by atoms with Gasteiger partial charge in [-0.1, -0.05) is 0 Å². The van der Waals surface area contributed by atoms with Crippen molar-refractivity contribution in [3.05, 3.63) is 65.7 Å². The van der Waals surface area contributed by atoms with E-state index in [1.165, 1.54) is 12.1 Å². The monoisotopic (exact) mass is 403 g/mol. The van der Waals surface area contributed by atoms with Crippen molar-refractivity contribution in [2.45, 2.75) is 24.9 Å². The Bertz CT molecular complexity index is 927. The van der Waals surface area contributed by atoms with Gasteiger partial charge in [-0.25, -0.2) is 9.97 Å². The Labute approximate surface area is 165 Å². The lowest BCUT2D eigenvalue weighted by atomic mass is 10.0. The second-order valence-electron chi connectivity index (χ2n) is 6.92. The highest BCUT2D eigenvalue weighted by Gasteiger charge is 2.30. The number of H-pyrrole nitrogens is 1. The van der Waals surface area contributed by atoms with Crippen molar-refractivity contribution in [2.24, 2.45) is 0 Å². The average molecular weight is 403 g/mol. The molecule has 1 aromatic carbocycles. The number of hydrogen-bond acceptors (Lipinski definition) is 5. The molecule has 3 aromatic rings. The number of alkyl halides is 3. The van der Waals surface area contributed by atoms with Crippen LogP contribution in [-0.2, 0) is 12.6 Å². The SMILES string of the molecule is FC(F)(F)c1ccc(OCCc2cc([C@@H]3CCN(c4ncccn4)C3)n[nH]2)cc1. The maximum Gasteiger partial charge on any atom is 0.416 e. The number of ether oxygens (including phenoxy) is 1. The Morgan fingerprint density at radius 1 is 1.14 bits per heavy atom. The molecule has 1 aliphatic heterocycles. The molecule has 2 aromatic heterocycles. The van der Waals surface area contributed by atoms with Crippen molar-refractivity contribution in [2.75, 3.05) is 24.6 Å². The number of halogens is 3. The van der Waals surface area contributed by atoms with E-state index in [2.05, 4.69) is 25.1 Å². The zero-order valence-corrected chi connectivity index (χ0v) is 15.6. The molecule has 0 saturated carbocycles. The Hall–Kier alpha value is -3.10. The van der Waals surface area contributed by atoms with E-state index in [0.29, 0.717) is 24.7 Å². The second kappa shape index (κ2) is 8.10. The van der Waals surface area contributed by atoms with Crippen LogP contribution < -0.4 is 9.64 Å². The molecule has 0 amide bonds. The van der Waals surface area contributed by atoms with Gasteiger partial charge in [0, 0.05) is 43.5 Å². The van der Waals surface area contributed by atoms with Gasteiger partial charge in [0.15, 0.2) is 0 Å². The molecular weight excluding hydrogens is 383 g/mol. The highest BCUT2D eigenvalue weighted by molar-refractivity contribution is 5.33. The quantitative estimate of drug-likeness (QED) is 0.678. The van der Waals surface area contributed by atoms with E-state index < -0.39 is 11.7 Å². The van der Waals surface area contributed by atoms with Crippen LogP contribution in [0.15, 0.2) is 48.8 Å². The Morgan fingerprint density at radius 3 is 2.62 bits per heavy atom. The van der Waals surface area contributed by atoms with Crippen LogP contribution in [-0.4, -0.2) is 39.9 Å². The van der Waals surface area contributed by atoms with E-state index in [1.807, 2.05) is 6.07 Å². The second-order valence-corrected chi connectivity index (χ2v) is 6.92. The molecule has 1 fully saturated rings. The van der Waals surface area contributed by atoms with Gasteiger partial charge < -0.3 is 9.64 Å². The summed E-state index contributed by atoms with van der Waals surface area (Å²) in [5.41, 5.74) is 1.24. The summed E-state index contributed by atoms with van der Waals surface area (Å²) in [6, 6.07) is 8.53. The van der Waals surface area contributed by atoms with Crippen LogP contribution in [0.2, 0.25) is 0 Å². The molecule has 0 unspecified atom stereocenters. The molecule has 4 rings (SSSR count). The smallest absolute Gasteiger partial charge is 0.416 e. The fourth-order valence-corrected chi connectivity index (χ4v) is 3.37. The Morgan fingerprint density at radius 2 is 1.90 bits per heavy atom. The van der Waals surface area contributed by atoms with Gasteiger partial charge in [0.1, 0.15) is 5.75 Å². The molecule has 3 heterocycles. The largest absolute Gasteiger partial charge is 0.493 e. The predicted octanol–water partition coefficient (Wildman–Crippen LogP) is 3.83. The fraction of sp³-hybridized carbons (Fsp3) is 0.350. The molecule has 1 N–H and O–H groups in total. The van der Waals surface area contributed by atoms with Crippen molar-refractivity contribution >= 4 is 5.95 Å². The van der Waals surface area contributed by atoms with Crippen molar-refractivity contribution in [3.63, 3.8) is 0 Å². The summed E-state index contributed by atoms with van der Waals surface area (Å²) < 4.78 is 43.3. The van der Waals surface area contributed by atoms with Crippen molar-refractivity contribution in [1.29, 1.82) is 0 Å². The number of rotatable bonds is 6. The third-order valence-corrected chi connectivity index (χ3v) is 4.91. The standard InChI is InChI=1S/C20H20F3N5O/c21-20(22,23)15-2-4-17(5-3-15)29-11-7-16-12-18(27-26-16)14-6-10-28(13-14)19-24-8-1-9-25-19/h1-5,8-9,12,14H,6-7,10-11,13H2,(H,26,27)/t14-/m1/s1. The number of aromatic amines is 1. The van der Waals surface area contributed by atoms with Gasteiger partial charge in [-0.2, -0.15) is 18.3 Å².